The zero-order valence-electron chi connectivity index (χ0n) is 9.44. The predicted molar refractivity (Wildman–Crippen MR) is 61.2 cm³/mol. The fourth-order valence-electron chi connectivity index (χ4n) is 1.08. The third-order valence-electron chi connectivity index (χ3n) is 2.00. The van der Waals surface area contributed by atoms with Gasteiger partial charge in [0.2, 0.25) is 0 Å². The third-order valence-corrected chi connectivity index (χ3v) is 2.18. The maximum absolute atomic E-state index is 8.77. The molecule has 5 heteroatoms. The fraction of sp³-hybridized carbons (Fsp3) is 1.00. The van der Waals surface area contributed by atoms with E-state index in [9.17, 15) is 0 Å². The summed E-state index contributed by atoms with van der Waals surface area (Å²) < 4.78 is 5.26. The van der Waals surface area contributed by atoms with E-state index in [1.807, 2.05) is 20.9 Å². The van der Waals surface area contributed by atoms with Crippen LogP contribution in [0.15, 0.2) is 0 Å². The van der Waals surface area contributed by atoms with E-state index in [1.165, 1.54) is 0 Å². The van der Waals surface area contributed by atoms with E-state index in [1.54, 1.807) is 0 Å². The highest BCUT2D eigenvalue weighted by Gasteiger charge is 2.19. The number of likely N-dealkylation sites (N-methyl/N-ethyl adjacent to an activating group) is 1. The molecule has 0 aliphatic heterocycles. The van der Waals surface area contributed by atoms with Crippen molar-refractivity contribution < 1.29 is 18.9 Å². The monoisotopic (exact) mass is 226 g/mol. The highest BCUT2D eigenvalue weighted by atomic mass is 32.1. The Bertz CT molecular complexity index is 108. The van der Waals surface area contributed by atoms with Gasteiger partial charge in [-0.1, -0.05) is 13.8 Å². The average Bonchev–Trinajstić information content (AvgIpc) is 2.19. The Morgan fingerprint density at radius 1 is 1.07 bits per heavy atom. The number of rotatable bonds is 7. The standard InChI is InChI=1S/C7H17NO3S.C2H6/c1-8(2-5-9,3-6-10)4-7-11-12;1-2/h9-10H,2-7H2,1H3;1-2H3/p+1. The Morgan fingerprint density at radius 3 is 1.79 bits per heavy atom. The quantitative estimate of drug-likeness (QED) is 0.332. The van der Waals surface area contributed by atoms with Gasteiger partial charge < -0.3 is 18.9 Å². The van der Waals surface area contributed by atoms with Crippen LogP contribution in [-0.2, 0) is 4.18 Å². The van der Waals surface area contributed by atoms with Crippen molar-refractivity contribution in [1.82, 2.24) is 0 Å². The zero-order valence-corrected chi connectivity index (χ0v) is 10.3. The Kier molecular flexibility index (Phi) is 13.4. The van der Waals surface area contributed by atoms with Crippen LogP contribution in [0, 0.1) is 0 Å². The molecule has 0 aliphatic rings. The summed E-state index contributed by atoms with van der Waals surface area (Å²) in [4.78, 5) is 0. The largest absolute Gasteiger partial charge is 0.391 e. The zero-order chi connectivity index (χ0) is 11.4. The van der Waals surface area contributed by atoms with Gasteiger partial charge in [-0.25, -0.2) is 0 Å². The van der Waals surface area contributed by atoms with Crippen molar-refractivity contribution in [2.24, 2.45) is 0 Å². The van der Waals surface area contributed by atoms with Gasteiger partial charge in [0.05, 0.1) is 20.3 Å². The third kappa shape index (κ3) is 8.77. The Labute approximate surface area is 92.7 Å². The highest BCUT2D eigenvalue weighted by Crippen LogP contribution is 2.00. The summed E-state index contributed by atoms with van der Waals surface area (Å²) in [7, 11) is 1.97. The molecule has 0 heterocycles. The number of quaternary nitrogens is 1. The van der Waals surface area contributed by atoms with Crippen LogP contribution in [0.5, 0.6) is 0 Å². The van der Waals surface area contributed by atoms with Gasteiger partial charge in [0, 0.05) is 0 Å². The molecule has 0 aromatic rings. The molecular weight excluding hydrogens is 202 g/mol. The molecule has 0 bridgehead atoms. The second-order valence-corrected chi connectivity index (χ2v) is 3.33. The van der Waals surface area contributed by atoms with Crippen LogP contribution in [0.1, 0.15) is 13.8 Å². The van der Waals surface area contributed by atoms with Gasteiger partial charge in [-0.3, -0.25) is 0 Å². The van der Waals surface area contributed by atoms with Gasteiger partial charge in [-0.15, -0.1) is 0 Å². The average molecular weight is 226 g/mol. The predicted octanol–water partition coefficient (Wildman–Crippen LogP) is 0.305. The van der Waals surface area contributed by atoms with Gasteiger partial charge in [0.25, 0.3) is 0 Å². The molecule has 0 rings (SSSR count). The summed E-state index contributed by atoms with van der Waals surface area (Å²) in [5.74, 6) is 0. The molecular formula is C9H24NO3S+. The van der Waals surface area contributed by atoms with Crippen LogP contribution < -0.4 is 0 Å². The summed E-state index contributed by atoms with van der Waals surface area (Å²) >= 11 is 3.63. The molecule has 0 unspecified atom stereocenters. The van der Waals surface area contributed by atoms with Gasteiger partial charge in [-0.05, 0) is 12.9 Å². The maximum atomic E-state index is 8.77. The van der Waals surface area contributed by atoms with Crippen LogP contribution in [0.3, 0.4) is 0 Å². The van der Waals surface area contributed by atoms with E-state index in [2.05, 4.69) is 17.1 Å². The maximum Gasteiger partial charge on any atom is 0.110 e. The molecule has 0 amide bonds. The SMILES string of the molecule is CC.C[N+](CCO)(CCO)CCOS. The molecule has 0 saturated heterocycles. The van der Waals surface area contributed by atoms with E-state index in [-0.39, 0.29) is 13.2 Å². The molecule has 0 saturated carbocycles. The molecule has 0 aromatic heterocycles. The lowest BCUT2D eigenvalue weighted by Gasteiger charge is -2.32. The van der Waals surface area contributed by atoms with Gasteiger partial charge in [-0.2, -0.15) is 0 Å². The number of thiol groups is 1. The number of aliphatic hydroxyl groups excluding tert-OH is 2. The molecule has 4 nitrogen and oxygen atoms in total. The molecule has 14 heavy (non-hydrogen) atoms. The summed E-state index contributed by atoms with van der Waals surface area (Å²) in [5.41, 5.74) is 0. The summed E-state index contributed by atoms with van der Waals surface area (Å²) in [6, 6.07) is 0. The summed E-state index contributed by atoms with van der Waals surface area (Å²) in [5, 5.41) is 17.5. The van der Waals surface area contributed by atoms with E-state index in [0.717, 1.165) is 6.54 Å². The van der Waals surface area contributed by atoms with Crippen molar-refractivity contribution in [3.63, 3.8) is 0 Å². The minimum atomic E-state index is 0.128. The van der Waals surface area contributed by atoms with Crippen LogP contribution in [-0.4, -0.2) is 61.2 Å². The van der Waals surface area contributed by atoms with Crippen molar-refractivity contribution in [3.8, 4) is 0 Å². The lowest BCUT2D eigenvalue weighted by Crippen LogP contribution is -2.49. The van der Waals surface area contributed by atoms with E-state index in [4.69, 9.17) is 10.2 Å². The molecule has 2 N–H and O–H groups in total. The second kappa shape index (κ2) is 11.3. The number of nitrogens with zero attached hydrogens (tertiary/aromatic N) is 1. The van der Waals surface area contributed by atoms with Crippen molar-refractivity contribution in [2.75, 3.05) is 46.5 Å². The number of hydrogen-bond donors (Lipinski definition) is 3. The van der Waals surface area contributed by atoms with Crippen LogP contribution >= 0.6 is 12.9 Å². The topological polar surface area (TPSA) is 49.7 Å². The van der Waals surface area contributed by atoms with E-state index < -0.39 is 0 Å². The fourth-order valence-corrected chi connectivity index (χ4v) is 1.16. The number of hydrogen-bond acceptors (Lipinski definition) is 4. The number of aliphatic hydroxyl groups is 2. The molecule has 0 fully saturated rings. The van der Waals surface area contributed by atoms with Gasteiger partial charge >= 0.3 is 0 Å². The smallest absolute Gasteiger partial charge is 0.110 e. The normalized spacial score (nSPS) is 10.7. The first kappa shape index (κ1) is 16.6. The Balaban J connectivity index is 0. The van der Waals surface area contributed by atoms with E-state index in [0.29, 0.717) is 24.2 Å². The van der Waals surface area contributed by atoms with Crippen LogP contribution in [0.2, 0.25) is 0 Å². The molecule has 0 radical (unpaired) electrons. The first-order valence-electron chi connectivity index (χ1n) is 5.00. The second-order valence-electron chi connectivity index (χ2n) is 3.07. The van der Waals surface area contributed by atoms with Crippen LogP contribution in [0.25, 0.3) is 0 Å². The molecule has 0 aliphatic carbocycles. The summed E-state index contributed by atoms with van der Waals surface area (Å²) in [6.45, 7) is 6.81. The van der Waals surface area contributed by atoms with E-state index >= 15 is 0 Å². The minimum Gasteiger partial charge on any atom is -0.391 e. The molecule has 0 spiro atoms. The molecule has 0 atom stereocenters. The van der Waals surface area contributed by atoms with Crippen molar-refractivity contribution in [1.29, 1.82) is 0 Å². The molecule has 88 valence electrons. The van der Waals surface area contributed by atoms with Gasteiger partial charge in [0.1, 0.15) is 26.2 Å². The molecule has 0 aromatic carbocycles. The lowest BCUT2D eigenvalue weighted by molar-refractivity contribution is -0.910. The van der Waals surface area contributed by atoms with Crippen LogP contribution in [0.4, 0.5) is 0 Å². The lowest BCUT2D eigenvalue weighted by atomic mass is 10.4. The van der Waals surface area contributed by atoms with Gasteiger partial charge in [0.15, 0.2) is 0 Å². The van der Waals surface area contributed by atoms with Crippen molar-refractivity contribution in [3.05, 3.63) is 0 Å². The Morgan fingerprint density at radius 2 is 1.50 bits per heavy atom. The summed E-state index contributed by atoms with van der Waals surface area (Å²) in [6.07, 6.45) is 0. The Hall–Kier alpha value is 0.190. The minimum absolute atomic E-state index is 0.128. The van der Waals surface area contributed by atoms with Crippen molar-refractivity contribution in [2.45, 2.75) is 13.8 Å². The first-order valence-corrected chi connectivity index (χ1v) is 5.36. The highest BCUT2D eigenvalue weighted by molar-refractivity contribution is 7.75. The first-order chi connectivity index (χ1) is 6.68. The van der Waals surface area contributed by atoms with Crippen molar-refractivity contribution >= 4 is 12.9 Å².